The van der Waals surface area contributed by atoms with Gasteiger partial charge in [-0.25, -0.2) is 0 Å². The number of nitrogens with one attached hydrogen (secondary N) is 2. The van der Waals surface area contributed by atoms with Crippen molar-refractivity contribution in [3.05, 3.63) is 24.8 Å². The minimum atomic E-state index is 0.477. The second-order valence-corrected chi connectivity index (χ2v) is 3.35. The predicted octanol–water partition coefficient (Wildman–Crippen LogP) is 1.73. The lowest BCUT2D eigenvalue weighted by molar-refractivity contribution is 0.529. The van der Waals surface area contributed by atoms with Gasteiger partial charge in [0.1, 0.15) is 5.84 Å². The van der Waals surface area contributed by atoms with Gasteiger partial charge in [0, 0.05) is 13.1 Å². The van der Waals surface area contributed by atoms with Gasteiger partial charge >= 0.3 is 0 Å². The lowest BCUT2D eigenvalue weighted by Crippen LogP contribution is -2.35. The zero-order valence-electron chi connectivity index (χ0n) is 10.1. The molecule has 0 aliphatic rings. The lowest BCUT2D eigenvalue weighted by atomic mass is 10.1. The van der Waals surface area contributed by atoms with Crippen LogP contribution in [-0.2, 0) is 0 Å². The molecule has 0 aromatic heterocycles. The Bertz CT molecular complexity index is 219. The fourth-order valence-corrected chi connectivity index (χ4v) is 1.25. The summed E-state index contributed by atoms with van der Waals surface area (Å²) in [4.78, 5) is 4.17. The van der Waals surface area contributed by atoms with Gasteiger partial charge in [-0.15, -0.1) is 0 Å². The van der Waals surface area contributed by atoms with E-state index < -0.39 is 0 Å². The molecule has 0 aromatic carbocycles. The predicted molar refractivity (Wildman–Crippen MR) is 68.5 cm³/mol. The van der Waals surface area contributed by atoms with Crippen molar-refractivity contribution in [2.45, 2.75) is 25.8 Å². The van der Waals surface area contributed by atoms with Crippen molar-refractivity contribution in [1.82, 2.24) is 10.6 Å². The highest BCUT2D eigenvalue weighted by Gasteiger charge is 2.05. The molecule has 0 bridgehead atoms. The molecule has 0 spiro atoms. The maximum absolute atomic E-state index is 4.17. The standard InChI is InChI=1S/C12H23N3/c1-5-7-8-12(14-4)15-11(6-2)9-10-13-3/h5,7-8,11,13H,1,6,9-10H2,2-4H3,(H,14,15)/b8-7-. The third-order valence-corrected chi connectivity index (χ3v) is 2.22. The zero-order valence-corrected chi connectivity index (χ0v) is 10.1. The number of nitrogens with zero attached hydrogens (tertiary/aromatic N) is 1. The maximum Gasteiger partial charge on any atom is 0.120 e. The molecule has 0 amide bonds. The van der Waals surface area contributed by atoms with Crippen LogP contribution >= 0.6 is 0 Å². The van der Waals surface area contributed by atoms with Crippen LogP contribution in [0, 0.1) is 0 Å². The molecule has 3 heteroatoms. The number of allylic oxidation sites excluding steroid dienone is 2. The van der Waals surface area contributed by atoms with Gasteiger partial charge in [0.05, 0.1) is 0 Å². The Balaban J connectivity index is 4.12. The molecule has 86 valence electrons. The van der Waals surface area contributed by atoms with Crippen LogP contribution in [0.25, 0.3) is 0 Å². The van der Waals surface area contributed by atoms with Gasteiger partial charge in [-0.1, -0.05) is 25.7 Å². The molecule has 0 heterocycles. The largest absolute Gasteiger partial charge is 0.368 e. The van der Waals surface area contributed by atoms with Gasteiger partial charge in [0.15, 0.2) is 0 Å². The van der Waals surface area contributed by atoms with Crippen LogP contribution in [0.5, 0.6) is 0 Å². The van der Waals surface area contributed by atoms with Crippen molar-refractivity contribution >= 4 is 5.84 Å². The van der Waals surface area contributed by atoms with Gasteiger partial charge in [-0.3, -0.25) is 4.99 Å². The van der Waals surface area contributed by atoms with E-state index in [1.807, 2.05) is 19.2 Å². The summed E-state index contributed by atoms with van der Waals surface area (Å²) >= 11 is 0. The van der Waals surface area contributed by atoms with E-state index in [1.54, 1.807) is 13.1 Å². The van der Waals surface area contributed by atoms with E-state index in [4.69, 9.17) is 0 Å². The summed E-state index contributed by atoms with van der Waals surface area (Å²) in [7, 11) is 3.76. The smallest absolute Gasteiger partial charge is 0.120 e. The highest BCUT2D eigenvalue weighted by Crippen LogP contribution is 1.97. The van der Waals surface area contributed by atoms with Crippen molar-refractivity contribution in [3.63, 3.8) is 0 Å². The Labute approximate surface area is 93.4 Å². The minimum absolute atomic E-state index is 0.477. The van der Waals surface area contributed by atoms with Crippen LogP contribution < -0.4 is 10.6 Å². The molecule has 3 nitrogen and oxygen atoms in total. The second-order valence-electron chi connectivity index (χ2n) is 3.35. The first-order valence-corrected chi connectivity index (χ1v) is 5.45. The first-order valence-electron chi connectivity index (χ1n) is 5.45. The van der Waals surface area contributed by atoms with Crippen LogP contribution in [0.4, 0.5) is 0 Å². The van der Waals surface area contributed by atoms with Gasteiger partial charge in [0.25, 0.3) is 0 Å². The van der Waals surface area contributed by atoms with E-state index >= 15 is 0 Å². The van der Waals surface area contributed by atoms with Gasteiger partial charge < -0.3 is 10.6 Å². The van der Waals surface area contributed by atoms with Crippen LogP contribution in [0.1, 0.15) is 19.8 Å². The number of aliphatic imine (C=N–C) groups is 1. The normalized spacial score (nSPS) is 14.2. The van der Waals surface area contributed by atoms with E-state index in [0.29, 0.717) is 6.04 Å². The molecule has 1 unspecified atom stereocenters. The van der Waals surface area contributed by atoms with Crippen molar-refractivity contribution in [1.29, 1.82) is 0 Å². The number of hydrogen-bond acceptors (Lipinski definition) is 2. The Morgan fingerprint density at radius 3 is 2.73 bits per heavy atom. The molecule has 0 aliphatic carbocycles. The molecule has 0 aliphatic heterocycles. The van der Waals surface area contributed by atoms with Gasteiger partial charge in [-0.05, 0) is 32.5 Å². The van der Waals surface area contributed by atoms with Gasteiger partial charge in [0.2, 0.25) is 0 Å². The quantitative estimate of drug-likeness (QED) is 0.380. The molecule has 0 aromatic rings. The summed E-state index contributed by atoms with van der Waals surface area (Å²) < 4.78 is 0. The average Bonchev–Trinajstić information content (AvgIpc) is 2.28. The van der Waals surface area contributed by atoms with E-state index in [-0.39, 0.29) is 0 Å². The molecule has 0 saturated carbocycles. The third-order valence-electron chi connectivity index (χ3n) is 2.22. The molecule has 2 N–H and O–H groups in total. The summed E-state index contributed by atoms with van der Waals surface area (Å²) in [5, 5.41) is 6.55. The zero-order chi connectivity index (χ0) is 11.5. The fraction of sp³-hybridized carbons (Fsp3) is 0.583. The van der Waals surface area contributed by atoms with E-state index in [0.717, 1.165) is 25.2 Å². The highest BCUT2D eigenvalue weighted by atomic mass is 15.0. The Hall–Kier alpha value is -1.09. The minimum Gasteiger partial charge on any atom is -0.368 e. The van der Waals surface area contributed by atoms with Crippen molar-refractivity contribution in [2.24, 2.45) is 4.99 Å². The average molecular weight is 209 g/mol. The topological polar surface area (TPSA) is 36.4 Å². The second kappa shape index (κ2) is 9.46. The fourth-order valence-electron chi connectivity index (χ4n) is 1.25. The molecule has 1 atom stereocenters. The molecular weight excluding hydrogens is 186 g/mol. The van der Waals surface area contributed by atoms with Crippen molar-refractivity contribution < 1.29 is 0 Å². The third kappa shape index (κ3) is 6.91. The van der Waals surface area contributed by atoms with Crippen LogP contribution in [0.2, 0.25) is 0 Å². The summed E-state index contributed by atoms with van der Waals surface area (Å²) in [6.07, 6.45) is 7.78. The van der Waals surface area contributed by atoms with Crippen molar-refractivity contribution in [3.8, 4) is 0 Å². The summed E-state index contributed by atoms with van der Waals surface area (Å²) in [5.41, 5.74) is 0. The Morgan fingerprint density at radius 2 is 2.27 bits per heavy atom. The van der Waals surface area contributed by atoms with Crippen LogP contribution in [0.3, 0.4) is 0 Å². The SMILES string of the molecule is C=C/C=C\C(=NC)NC(CC)CCNC. The molecule has 0 saturated heterocycles. The van der Waals surface area contributed by atoms with Crippen molar-refractivity contribution in [2.75, 3.05) is 20.6 Å². The summed E-state index contributed by atoms with van der Waals surface area (Å²) in [6, 6.07) is 0.477. The molecule has 0 radical (unpaired) electrons. The first kappa shape index (κ1) is 13.9. The molecule has 0 fully saturated rings. The van der Waals surface area contributed by atoms with E-state index in [1.165, 1.54) is 0 Å². The maximum atomic E-state index is 4.17. The molecule has 0 rings (SSSR count). The van der Waals surface area contributed by atoms with Crippen LogP contribution in [0.15, 0.2) is 29.8 Å². The monoisotopic (exact) mass is 209 g/mol. The summed E-state index contributed by atoms with van der Waals surface area (Å²) in [6.45, 7) is 6.84. The highest BCUT2D eigenvalue weighted by molar-refractivity contribution is 5.93. The van der Waals surface area contributed by atoms with Gasteiger partial charge in [-0.2, -0.15) is 0 Å². The van der Waals surface area contributed by atoms with E-state index in [9.17, 15) is 0 Å². The Kier molecular flexibility index (Phi) is 8.78. The number of rotatable bonds is 7. The molecule has 15 heavy (non-hydrogen) atoms. The molecular formula is C12H23N3. The Morgan fingerprint density at radius 1 is 1.53 bits per heavy atom. The first-order chi connectivity index (χ1) is 7.28. The summed E-state index contributed by atoms with van der Waals surface area (Å²) in [5.74, 6) is 0.915. The number of hydrogen-bond donors (Lipinski definition) is 2. The van der Waals surface area contributed by atoms with Crippen LogP contribution in [-0.4, -0.2) is 32.5 Å². The van der Waals surface area contributed by atoms with E-state index in [2.05, 4.69) is 29.1 Å². The number of amidine groups is 1. The lowest BCUT2D eigenvalue weighted by Gasteiger charge is -2.17.